The van der Waals surface area contributed by atoms with Gasteiger partial charge in [0.05, 0.1) is 17.1 Å². The van der Waals surface area contributed by atoms with E-state index in [0.717, 1.165) is 30.9 Å². The standard InChI is InChI=1S/C20H19ClFNO3/c1-12(20(25)23-18-8-7-16(22)11-17(18)21)26-19(24)10-13-5-6-14-3-2-4-15(14)9-13/h5-9,11-12H,2-4,10H2,1H3,(H,23,25)/t12-/m1/s1. The van der Waals surface area contributed by atoms with E-state index in [2.05, 4.69) is 11.4 Å². The Morgan fingerprint density at radius 1 is 1.19 bits per heavy atom. The third-order valence-corrected chi connectivity index (χ3v) is 4.69. The molecule has 0 heterocycles. The first-order chi connectivity index (χ1) is 12.4. The highest BCUT2D eigenvalue weighted by Crippen LogP contribution is 2.24. The molecular weight excluding hydrogens is 357 g/mol. The lowest BCUT2D eigenvalue weighted by atomic mass is 10.0. The van der Waals surface area contributed by atoms with Crippen molar-refractivity contribution in [1.82, 2.24) is 0 Å². The molecule has 2 aromatic rings. The van der Waals surface area contributed by atoms with Gasteiger partial charge in [0.1, 0.15) is 5.82 Å². The molecule has 0 saturated heterocycles. The second kappa shape index (κ2) is 7.87. The summed E-state index contributed by atoms with van der Waals surface area (Å²) in [5, 5.41) is 2.60. The summed E-state index contributed by atoms with van der Waals surface area (Å²) in [6.07, 6.45) is 2.39. The van der Waals surface area contributed by atoms with Gasteiger partial charge in [0.15, 0.2) is 6.10 Å². The minimum absolute atomic E-state index is 0.0787. The molecular formula is C20H19ClFNO3. The van der Waals surface area contributed by atoms with Gasteiger partial charge in [0.2, 0.25) is 0 Å². The molecule has 0 aliphatic heterocycles. The quantitative estimate of drug-likeness (QED) is 0.801. The zero-order valence-electron chi connectivity index (χ0n) is 14.4. The van der Waals surface area contributed by atoms with Gasteiger partial charge < -0.3 is 10.1 Å². The number of hydrogen-bond donors (Lipinski definition) is 1. The molecule has 1 amide bonds. The zero-order valence-corrected chi connectivity index (χ0v) is 15.1. The molecule has 0 unspecified atom stereocenters. The first kappa shape index (κ1) is 18.4. The fourth-order valence-corrected chi connectivity index (χ4v) is 3.23. The topological polar surface area (TPSA) is 55.4 Å². The first-order valence-corrected chi connectivity index (χ1v) is 8.86. The van der Waals surface area contributed by atoms with Crippen molar-refractivity contribution in [3.63, 3.8) is 0 Å². The van der Waals surface area contributed by atoms with Crippen molar-refractivity contribution >= 4 is 29.2 Å². The average molecular weight is 376 g/mol. The number of halogens is 2. The molecule has 136 valence electrons. The van der Waals surface area contributed by atoms with E-state index >= 15 is 0 Å². The molecule has 6 heteroatoms. The van der Waals surface area contributed by atoms with Crippen molar-refractivity contribution in [3.05, 3.63) is 63.9 Å². The fourth-order valence-electron chi connectivity index (χ4n) is 3.02. The molecule has 0 bridgehead atoms. The van der Waals surface area contributed by atoms with Gasteiger partial charge in [-0.3, -0.25) is 9.59 Å². The molecule has 4 nitrogen and oxygen atoms in total. The molecule has 1 aliphatic carbocycles. The Morgan fingerprint density at radius 2 is 1.96 bits per heavy atom. The van der Waals surface area contributed by atoms with Crippen LogP contribution in [0, 0.1) is 5.82 Å². The Balaban J connectivity index is 1.55. The fraction of sp³-hybridized carbons (Fsp3) is 0.300. The minimum atomic E-state index is -0.988. The van der Waals surface area contributed by atoms with Crippen LogP contribution >= 0.6 is 11.6 Å². The first-order valence-electron chi connectivity index (χ1n) is 8.48. The lowest BCUT2D eigenvalue weighted by molar-refractivity contribution is -0.152. The molecule has 3 rings (SSSR count). The van der Waals surface area contributed by atoms with Crippen LogP contribution in [-0.4, -0.2) is 18.0 Å². The SMILES string of the molecule is C[C@@H](OC(=O)Cc1ccc2c(c1)CCC2)C(=O)Nc1ccc(F)cc1Cl. The van der Waals surface area contributed by atoms with Crippen LogP contribution in [0.15, 0.2) is 36.4 Å². The summed E-state index contributed by atoms with van der Waals surface area (Å²) < 4.78 is 18.2. The van der Waals surface area contributed by atoms with Crippen molar-refractivity contribution in [2.45, 2.75) is 38.7 Å². The summed E-state index contributed by atoms with van der Waals surface area (Å²) in [7, 11) is 0. The molecule has 1 atom stereocenters. The van der Waals surface area contributed by atoms with Crippen LogP contribution in [-0.2, 0) is 33.6 Å². The van der Waals surface area contributed by atoms with E-state index in [1.165, 1.54) is 30.2 Å². The van der Waals surface area contributed by atoms with Gasteiger partial charge in [-0.15, -0.1) is 0 Å². The lowest BCUT2D eigenvalue weighted by Crippen LogP contribution is -2.30. The van der Waals surface area contributed by atoms with Crippen molar-refractivity contribution in [2.75, 3.05) is 5.32 Å². The summed E-state index contributed by atoms with van der Waals surface area (Å²) in [5.41, 5.74) is 3.77. The number of rotatable bonds is 5. The van der Waals surface area contributed by atoms with Crippen LogP contribution < -0.4 is 5.32 Å². The van der Waals surface area contributed by atoms with Gasteiger partial charge in [-0.1, -0.05) is 29.8 Å². The number of esters is 1. The maximum absolute atomic E-state index is 13.0. The summed E-state index contributed by atoms with van der Waals surface area (Å²) in [6, 6.07) is 9.65. The highest BCUT2D eigenvalue weighted by atomic mass is 35.5. The van der Waals surface area contributed by atoms with Crippen LogP contribution in [0.2, 0.25) is 5.02 Å². The average Bonchev–Trinajstić information content (AvgIpc) is 3.04. The predicted molar refractivity (Wildman–Crippen MR) is 97.8 cm³/mol. The second-order valence-electron chi connectivity index (χ2n) is 6.38. The van der Waals surface area contributed by atoms with Gasteiger partial charge in [-0.05, 0) is 61.1 Å². The second-order valence-corrected chi connectivity index (χ2v) is 6.79. The number of amides is 1. The number of carbonyl (C=O) groups is 2. The molecule has 1 N–H and O–H groups in total. The van der Waals surface area contributed by atoms with E-state index in [-0.39, 0.29) is 17.1 Å². The normalized spacial score (nSPS) is 13.8. The van der Waals surface area contributed by atoms with Crippen LogP contribution in [0.4, 0.5) is 10.1 Å². The number of ether oxygens (including phenoxy) is 1. The third-order valence-electron chi connectivity index (χ3n) is 4.38. The molecule has 0 fully saturated rings. The van der Waals surface area contributed by atoms with E-state index in [0.29, 0.717) is 0 Å². The molecule has 0 aromatic heterocycles. The summed E-state index contributed by atoms with van der Waals surface area (Å²) >= 11 is 5.88. The maximum Gasteiger partial charge on any atom is 0.311 e. The van der Waals surface area contributed by atoms with Gasteiger partial charge in [0.25, 0.3) is 5.91 Å². The molecule has 0 radical (unpaired) electrons. The van der Waals surface area contributed by atoms with E-state index in [1.807, 2.05) is 12.1 Å². The molecule has 1 aliphatic rings. The number of benzene rings is 2. The number of nitrogens with one attached hydrogen (secondary N) is 1. The Morgan fingerprint density at radius 3 is 2.73 bits per heavy atom. The highest BCUT2D eigenvalue weighted by Gasteiger charge is 2.20. The molecule has 0 spiro atoms. The van der Waals surface area contributed by atoms with Crippen LogP contribution in [0.25, 0.3) is 0 Å². The maximum atomic E-state index is 13.0. The van der Waals surface area contributed by atoms with E-state index in [1.54, 1.807) is 0 Å². The summed E-state index contributed by atoms with van der Waals surface area (Å²) in [4.78, 5) is 24.3. The number of hydrogen-bond acceptors (Lipinski definition) is 3. The Hall–Kier alpha value is -2.40. The Labute approximate surface area is 156 Å². The van der Waals surface area contributed by atoms with Gasteiger partial charge in [-0.2, -0.15) is 0 Å². The van der Waals surface area contributed by atoms with E-state index in [4.69, 9.17) is 16.3 Å². The van der Waals surface area contributed by atoms with E-state index in [9.17, 15) is 14.0 Å². The van der Waals surface area contributed by atoms with Crippen molar-refractivity contribution in [2.24, 2.45) is 0 Å². The van der Waals surface area contributed by atoms with Crippen LogP contribution in [0.5, 0.6) is 0 Å². The summed E-state index contributed by atoms with van der Waals surface area (Å²) in [6.45, 7) is 1.48. The molecule has 0 saturated carbocycles. The summed E-state index contributed by atoms with van der Waals surface area (Å²) in [5.74, 6) is -1.50. The number of carbonyl (C=O) groups excluding carboxylic acids is 2. The van der Waals surface area contributed by atoms with E-state index < -0.39 is 23.8 Å². The largest absolute Gasteiger partial charge is 0.452 e. The highest BCUT2D eigenvalue weighted by molar-refractivity contribution is 6.33. The monoisotopic (exact) mass is 375 g/mol. The Kier molecular flexibility index (Phi) is 5.57. The zero-order chi connectivity index (χ0) is 18.7. The van der Waals surface area contributed by atoms with Gasteiger partial charge in [-0.25, -0.2) is 4.39 Å². The third kappa shape index (κ3) is 4.41. The van der Waals surface area contributed by atoms with Gasteiger partial charge >= 0.3 is 5.97 Å². The van der Waals surface area contributed by atoms with Gasteiger partial charge in [0, 0.05) is 0 Å². The van der Waals surface area contributed by atoms with Crippen molar-refractivity contribution in [3.8, 4) is 0 Å². The number of aryl methyl sites for hydroxylation is 2. The number of anilines is 1. The molecule has 2 aromatic carbocycles. The minimum Gasteiger partial charge on any atom is -0.452 e. The molecule has 26 heavy (non-hydrogen) atoms. The lowest BCUT2D eigenvalue weighted by Gasteiger charge is -2.14. The smallest absolute Gasteiger partial charge is 0.311 e. The van der Waals surface area contributed by atoms with Crippen LogP contribution in [0.3, 0.4) is 0 Å². The predicted octanol–water partition coefficient (Wildman–Crippen LogP) is 4.08. The number of fused-ring (bicyclic) bond motifs is 1. The van der Waals surface area contributed by atoms with Crippen molar-refractivity contribution < 1.29 is 18.7 Å². The van der Waals surface area contributed by atoms with Crippen LogP contribution in [0.1, 0.15) is 30.0 Å². The Bertz CT molecular complexity index is 853. The van der Waals surface area contributed by atoms with Crippen molar-refractivity contribution in [1.29, 1.82) is 0 Å².